The number of hydrogen-bond donors (Lipinski definition) is 1. The summed E-state index contributed by atoms with van der Waals surface area (Å²) in [4.78, 5) is 23.2. The van der Waals surface area contributed by atoms with Crippen LogP contribution in [0.25, 0.3) is 0 Å². The predicted molar refractivity (Wildman–Crippen MR) is 78.0 cm³/mol. The van der Waals surface area contributed by atoms with Gasteiger partial charge in [-0.2, -0.15) is 0 Å². The maximum Gasteiger partial charge on any atom is 0.303 e. The molecule has 1 N–H and O–H groups in total. The first kappa shape index (κ1) is 15.4. The number of nitro groups is 1. The molecule has 1 heterocycles. The van der Waals surface area contributed by atoms with Crippen molar-refractivity contribution in [2.24, 2.45) is 5.92 Å². The van der Waals surface area contributed by atoms with Crippen molar-refractivity contribution in [2.75, 3.05) is 13.1 Å². The molecule has 0 unspecified atom stereocenters. The van der Waals surface area contributed by atoms with Gasteiger partial charge in [-0.15, -0.1) is 0 Å². The molecular formula is C15H20N2O4. The van der Waals surface area contributed by atoms with Crippen LogP contribution in [-0.4, -0.2) is 34.0 Å². The van der Waals surface area contributed by atoms with E-state index in [0.717, 1.165) is 37.9 Å². The smallest absolute Gasteiger partial charge is 0.303 e. The fourth-order valence-corrected chi connectivity index (χ4v) is 2.79. The van der Waals surface area contributed by atoms with Crippen molar-refractivity contribution in [1.29, 1.82) is 0 Å². The second-order valence-corrected chi connectivity index (χ2v) is 5.58. The van der Waals surface area contributed by atoms with E-state index in [-0.39, 0.29) is 17.0 Å². The maximum absolute atomic E-state index is 10.8. The lowest BCUT2D eigenvalue weighted by Crippen LogP contribution is -2.33. The zero-order valence-electron chi connectivity index (χ0n) is 11.9. The Morgan fingerprint density at radius 3 is 2.71 bits per heavy atom. The van der Waals surface area contributed by atoms with Crippen LogP contribution in [0.1, 0.15) is 31.2 Å². The Balaban J connectivity index is 1.82. The minimum Gasteiger partial charge on any atom is -0.481 e. The van der Waals surface area contributed by atoms with Crippen LogP contribution in [0.3, 0.4) is 0 Å². The van der Waals surface area contributed by atoms with Crippen molar-refractivity contribution in [3.63, 3.8) is 0 Å². The number of hydrogen-bond acceptors (Lipinski definition) is 4. The fraction of sp³-hybridized carbons (Fsp3) is 0.533. The maximum atomic E-state index is 10.8. The molecule has 1 fully saturated rings. The van der Waals surface area contributed by atoms with E-state index in [1.54, 1.807) is 12.1 Å². The molecule has 6 heteroatoms. The molecule has 1 aliphatic rings. The van der Waals surface area contributed by atoms with Gasteiger partial charge < -0.3 is 5.11 Å². The van der Waals surface area contributed by atoms with Gasteiger partial charge in [0.25, 0.3) is 5.69 Å². The third-order valence-corrected chi connectivity index (χ3v) is 4.00. The van der Waals surface area contributed by atoms with Crippen molar-refractivity contribution in [1.82, 2.24) is 4.90 Å². The van der Waals surface area contributed by atoms with Gasteiger partial charge >= 0.3 is 5.97 Å². The van der Waals surface area contributed by atoms with Crippen LogP contribution in [-0.2, 0) is 11.3 Å². The van der Waals surface area contributed by atoms with Crippen molar-refractivity contribution < 1.29 is 14.8 Å². The van der Waals surface area contributed by atoms with Gasteiger partial charge in [0.05, 0.1) is 4.92 Å². The van der Waals surface area contributed by atoms with Crippen molar-refractivity contribution >= 4 is 11.7 Å². The molecule has 0 atom stereocenters. The number of aliphatic carboxylic acids is 1. The van der Waals surface area contributed by atoms with Crippen LogP contribution >= 0.6 is 0 Å². The van der Waals surface area contributed by atoms with E-state index in [1.807, 2.05) is 6.07 Å². The van der Waals surface area contributed by atoms with Crippen molar-refractivity contribution in [3.05, 3.63) is 39.9 Å². The van der Waals surface area contributed by atoms with Gasteiger partial charge in [0.1, 0.15) is 0 Å². The number of non-ortho nitro benzene ring substituents is 1. The Bertz CT molecular complexity index is 510. The molecule has 0 radical (unpaired) electrons. The summed E-state index contributed by atoms with van der Waals surface area (Å²) < 4.78 is 0. The summed E-state index contributed by atoms with van der Waals surface area (Å²) in [5.41, 5.74) is 1.08. The Morgan fingerprint density at radius 2 is 2.10 bits per heavy atom. The molecule has 0 aliphatic carbocycles. The zero-order valence-corrected chi connectivity index (χ0v) is 11.9. The lowest BCUT2D eigenvalue weighted by molar-refractivity contribution is -0.384. The van der Waals surface area contributed by atoms with Gasteiger partial charge in [0.15, 0.2) is 0 Å². The summed E-state index contributed by atoms with van der Waals surface area (Å²) in [5.74, 6) is -0.239. The Morgan fingerprint density at radius 1 is 1.38 bits per heavy atom. The summed E-state index contributed by atoms with van der Waals surface area (Å²) in [5, 5.41) is 19.5. The molecule has 0 amide bonds. The van der Waals surface area contributed by atoms with Gasteiger partial charge in [-0.3, -0.25) is 19.8 Å². The topological polar surface area (TPSA) is 83.7 Å². The molecule has 0 bridgehead atoms. The monoisotopic (exact) mass is 292 g/mol. The first-order chi connectivity index (χ1) is 10.0. The van der Waals surface area contributed by atoms with E-state index >= 15 is 0 Å². The van der Waals surface area contributed by atoms with E-state index in [4.69, 9.17) is 5.11 Å². The van der Waals surface area contributed by atoms with Crippen LogP contribution in [0.5, 0.6) is 0 Å². The minimum atomic E-state index is -0.728. The number of nitrogens with zero attached hydrogens (tertiary/aromatic N) is 2. The van der Waals surface area contributed by atoms with Crippen LogP contribution in [0, 0.1) is 16.0 Å². The normalized spacial score (nSPS) is 16.8. The Kier molecular flexibility index (Phi) is 5.27. The fourth-order valence-electron chi connectivity index (χ4n) is 2.79. The highest BCUT2D eigenvalue weighted by atomic mass is 16.6. The van der Waals surface area contributed by atoms with Crippen LogP contribution in [0.4, 0.5) is 5.69 Å². The molecule has 2 rings (SSSR count). The average Bonchev–Trinajstić information content (AvgIpc) is 2.47. The predicted octanol–water partition coefficient (Wildman–Crippen LogP) is 2.67. The summed E-state index contributed by atoms with van der Waals surface area (Å²) in [7, 11) is 0. The third kappa shape index (κ3) is 4.82. The second kappa shape index (κ2) is 7.17. The van der Waals surface area contributed by atoms with Crippen molar-refractivity contribution in [2.45, 2.75) is 32.2 Å². The Labute approximate surface area is 123 Å². The molecule has 1 aromatic carbocycles. The molecule has 0 saturated carbocycles. The highest BCUT2D eigenvalue weighted by Crippen LogP contribution is 2.23. The Hall–Kier alpha value is -1.95. The van der Waals surface area contributed by atoms with Crippen molar-refractivity contribution in [3.8, 4) is 0 Å². The molecular weight excluding hydrogens is 272 g/mol. The van der Waals surface area contributed by atoms with Gasteiger partial charge in [0, 0.05) is 25.1 Å². The molecule has 0 spiro atoms. The number of benzene rings is 1. The largest absolute Gasteiger partial charge is 0.481 e. The number of nitro benzene ring substituents is 1. The summed E-state index contributed by atoms with van der Waals surface area (Å²) in [6.45, 7) is 2.56. The summed E-state index contributed by atoms with van der Waals surface area (Å²) in [6, 6.07) is 6.74. The molecule has 1 aromatic rings. The zero-order chi connectivity index (χ0) is 15.2. The molecule has 6 nitrogen and oxygen atoms in total. The molecule has 21 heavy (non-hydrogen) atoms. The van der Waals surface area contributed by atoms with E-state index in [0.29, 0.717) is 12.5 Å². The third-order valence-electron chi connectivity index (χ3n) is 4.00. The highest BCUT2D eigenvalue weighted by Gasteiger charge is 2.20. The molecule has 114 valence electrons. The van der Waals surface area contributed by atoms with Crippen LogP contribution in [0.2, 0.25) is 0 Å². The number of carboxylic acids is 1. The first-order valence-electron chi connectivity index (χ1n) is 7.22. The quantitative estimate of drug-likeness (QED) is 0.643. The summed E-state index contributed by atoms with van der Waals surface area (Å²) in [6.07, 6.45) is 3.00. The molecule has 1 saturated heterocycles. The van der Waals surface area contributed by atoms with E-state index in [9.17, 15) is 14.9 Å². The van der Waals surface area contributed by atoms with Gasteiger partial charge in [0.2, 0.25) is 0 Å². The van der Waals surface area contributed by atoms with Gasteiger partial charge in [-0.05, 0) is 43.8 Å². The van der Waals surface area contributed by atoms with E-state index in [2.05, 4.69) is 4.90 Å². The van der Waals surface area contributed by atoms with Gasteiger partial charge in [-0.25, -0.2) is 0 Å². The van der Waals surface area contributed by atoms with E-state index < -0.39 is 5.97 Å². The number of carboxylic acid groups (broad SMARTS) is 1. The number of carbonyl (C=O) groups is 1. The minimum absolute atomic E-state index is 0.129. The van der Waals surface area contributed by atoms with Crippen LogP contribution in [0.15, 0.2) is 24.3 Å². The number of likely N-dealkylation sites (tertiary alicyclic amines) is 1. The summed E-state index contributed by atoms with van der Waals surface area (Å²) >= 11 is 0. The van der Waals surface area contributed by atoms with Crippen LogP contribution < -0.4 is 0 Å². The van der Waals surface area contributed by atoms with Gasteiger partial charge in [-0.1, -0.05) is 12.1 Å². The molecule has 0 aromatic heterocycles. The first-order valence-corrected chi connectivity index (χ1v) is 7.22. The number of piperidine rings is 1. The standard InChI is InChI=1S/C15H20N2O4/c18-15(19)5-4-12-6-8-16(9-7-12)11-13-2-1-3-14(10-13)17(20)21/h1-3,10,12H,4-9,11H2,(H,18,19). The molecule has 1 aliphatic heterocycles. The number of rotatable bonds is 6. The van der Waals surface area contributed by atoms with E-state index in [1.165, 1.54) is 6.07 Å². The highest BCUT2D eigenvalue weighted by molar-refractivity contribution is 5.66. The lowest BCUT2D eigenvalue weighted by Gasteiger charge is -2.31. The average molecular weight is 292 g/mol. The second-order valence-electron chi connectivity index (χ2n) is 5.58. The lowest BCUT2D eigenvalue weighted by atomic mass is 9.92. The SMILES string of the molecule is O=C(O)CCC1CCN(Cc2cccc([N+](=O)[O-])c2)CC1.